The van der Waals surface area contributed by atoms with E-state index in [4.69, 9.17) is 0 Å². The molecule has 0 bridgehead atoms. The van der Waals surface area contributed by atoms with E-state index in [1.54, 1.807) is 0 Å². The molecule has 1 saturated heterocycles. The molecule has 2 rings (SSSR count). The SMILES string of the molecule is CN1CCCC1c1ccccc1CO. The first-order chi connectivity index (χ1) is 6.83. The number of hydrogen-bond donors (Lipinski definition) is 1. The van der Waals surface area contributed by atoms with Crippen LogP contribution in [-0.4, -0.2) is 23.6 Å². The van der Waals surface area contributed by atoms with Gasteiger partial charge in [-0.15, -0.1) is 0 Å². The van der Waals surface area contributed by atoms with E-state index in [-0.39, 0.29) is 6.61 Å². The van der Waals surface area contributed by atoms with Gasteiger partial charge in [0.15, 0.2) is 0 Å². The molecule has 0 aromatic heterocycles. The third-order valence-electron chi connectivity index (χ3n) is 3.10. The van der Waals surface area contributed by atoms with Crippen LogP contribution in [0.1, 0.15) is 30.0 Å². The Bertz CT molecular complexity index is 311. The van der Waals surface area contributed by atoms with Crippen molar-refractivity contribution >= 4 is 0 Å². The van der Waals surface area contributed by atoms with Gasteiger partial charge in [-0.3, -0.25) is 4.90 Å². The highest BCUT2D eigenvalue weighted by molar-refractivity contribution is 5.30. The summed E-state index contributed by atoms with van der Waals surface area (Å²) in [5.41, 5.74) is 2.38. The Hall–Kier alpha value is -0.860. The van der Waals surface area contributed by atoms with Gasteiger partial charge < -0.3 is 5.11 Å². The van der Waals surface area contributed by atoms with E-state index >= 15 is 0 Å². The highest BCUT2D eigenvalue weighted by atomic mass is 16.3. The molecule has 1 aliphatic rings. The molecule has 14 heavy (non-hydrogen) atoms. The minimum absolute atomic E-state index is 0.153. The number of aliphatic hydroxyl groups is 1. The molecular weight excluding hydrogens is 174 g/mol. The summed E-state index contributed by atoms with van der Waals surface area (Å²) in [6.45, 7) is 1.32. The van der Waals surface area contributed by atoms with Crippen molar-refractivity contribution in [2.24, 2.45) is 0 Å². The Balaban J connectivity index is 2.30. The van der Waals surface area contributed by atoms with Crippen LogP contribution in [0.4, 0.5) is 0 Å². The van der Waals surface area contributed by atoms with Gasteiger partial charge in [0, 0.05) is 6.04 Å². The van der Waals surface area contributed by atoms with Crippen LogP contribution in [-0.2, 0) is 6.61 Å². The monoisotopic (exact) mass is 191 g/mol. The topological polar surface area (TPSA) is 23.5 Å². The Morgan fingerprint density at radius 3 is 2.86 bits per heavy atom. The molecule has 0 aliphatic carbocycles. The molecule has 1 aromatic carbocycles. The maximum Gasteiger partial charge on any atom is 0.0685 e. The van der Waals surface area contributed by atoms with E-state index < -0.39 is 0 Å². The lowest BCUT2D eigenvalue weighted by atomic mass is 9.99. The molecule has 2 heteroatoms. The first-order valence-corrected chi connectivity index (χ1v) is 5.22. The van der Waals surface area contributed by atoms with Crippen molar-refractivity contribution in [2.45, 2.75) is 25.5 Å². The second-order valence-electron chi connectivity index (χ2n) is 4.00. The van der Waals surface area contributed by atoms with E-state index in [1.165, 1.54) is 24.9 Å². The van der Waals surface area contributed by atoms with Crippen LogP contribution in [0.25, 0.3) is 0 Å². The summed E-state index contributed by atoms with van der Waals surface area (Å²) in [7, 11) is 2.16. The van der Waals surface area contributed by atoms with E-state index in [1.807, 2.05) is 12.1 Å². The normalized spacial score (nSPS) is 22.9. The first-order valence-electron chi connectivity index (χ1n) is 5.22. The van der Waals surface area contributed by atoms with Crippen LogP contribution in [0.5, 0.6) is 0 Å². The van der Waals surface area contributed by atoms with Crippen LogP contribution < -0.4 is 0 Å². The molecule has 0 saturated carbocycles. The highest BCUT2D eigenvalue weighted by Gasteiger charge is 2.23. The second-order valence-corrected chi connectivity index (χ2v) is 4.00. The van der Waals surface area contributed by atoms with Crippen molar-refractivity contribution in [2.75, 3.05) is 13.6 Å². The van der Waals surface area contributed by atoms with Crippen molar-refractivity contribution in [1.82, 2.24) is 4.90 Å². The predicted molar refractivity (Wildman–Crippen MR) is 57.0 cm³/mol. The van der Waals surface area contributed by atoms with Gasteiger partial charge >= 0.3 is 0 Å². The average Bonchev–Trinajstić information content (AvgIpc) is 2.64. The standard InChI is InChI=1S/C12H17NO/c1-13-8-4-7-12(13)11-6-3-2-5-10(11)9-14/h2-3,5-6,12,14H,4,7-9H2,1H3. The lowest BCUT2D eigenvalue weighted by Crippen LogP contribution is -2.18. The summed E-state index contributed by atoms with van der Waals surface area (Å²) in [5.74, 6) is 0. The zero-order valence-electron chi connectivity index (χ0n) is 8.61. The maximum absolute atomic E-state index is 9.25. The Morgan fingerprint density at radius 2 is 2.21 bits per heavy atom. The van der Waals surface area contributed by atoms with Gasteiger partial charge in [0.05, 0.1) is 6.61 Å². The minimum atomic E-state index is 0.153. The molecule has 1 fully saturated rings. The van der Waals surface area contributed by atoms with E-state index in [0.717, 1.165) is 5.56 Å². The summed E-state index contributed by atoms with van der Waals surface area (Å²) < 4.78 is 0. The largest absolute Gasteiger partial charge is 0.392 e. The fourth-order valence-electron chi connectivity index (χ4n) is 2.31. The molecule has 0 radical (unpaired) electrons. The molecule has 1 N–H and O–H groups in total. The Kier molecular flexibility index (Phi) is 2.85. The number of rotatable bonds is 2. The fraction of sp³-hybridized carbons (Fsp3) is 0.500. The van der Waals surface area contributed by atoms with Crippen molar-refractivity contribution in [1.29, 1.82) is 0 Å². The molecule has 1 aliphatic heterocycles. The van der Waals surface area contributed by atoms with Gasteiger partial charge in [-0.25, -0.2) is 0 Å². The fourth-order valence-corrected chi connectivity index (χ4v) is 2.31. The molecule has 1 heterocycles. The zero-order valence-corrected chi connectivity index (χ0v) is 8.61. The van der Waals surface area contributed by atoms with Crippen molar-refractivity contribution in [3.63, 3.8) is 0 Å². The number of benzene rings is 1. The van der Waals surface area contributed by atoms with Gasteiger partial charge in [0.25, 0.3) is 0 Å². The molecule has 1 aromatic rings. The molecular formula is C12H17NO. The molecule has 2 nitrogen and oxygen atoms in total. The summed E-state index contributed by atoms with van der Waals surface area (Å²) in [6, 6.07) is 8.71. The second kappa shape index (κ2) is 4.11. The van der Waals surface area contributed by atoms with Crippen LogP contribution in [0, 0.1) is 0 Å². The Labute approximate surface area is 85.2 Å². The van der Waals surface area contributed by atoms with Crippen LogP contribution in [0.2, 0.25) is 0 Å². The van der Waals surface area contributed by atoms with Gasteiger partial charge in [-0.2, -0.15) is 0 Å². The predicted octanol–water partition coefficient (Wildman–Crippen LogP) is 1.95. The van der Waals surface area contributed by atoms with Crippen LogP contribution >= 0.6 is 0 Å². The smallest absolute Gasteiger partial charge is 0.0685 e. The van der Waals surface area contributed by atoms with E-state index in [2.05, 4.69) is 24.1 Å². The molecule has 1 atom stereocenters. The van der Waals surface area contributed by atoms with Gasteiger partial charge in [-0.05, 0) is 37.6 Å². The number of nitrogens with zero attached hydrogens (tertiary/aromatic N) is 1. The van der Waals surface area contributed by atoms with Crippen LogP contribution in [0.3, 0.4) is 0 Å². The number of likely N-dealkylation sites (tertiary alicyclic amines) is 1. The first kappa shape index (κ1) is 9.69. The van der Waals surface area contributed by atoms with Gasteiger partial charge in [-0.1, -0.05) is 24.3 Å². The quantitative estimate of drug-likeness (QED) is 0.772. The van der Waals surface area contributed by atoms with Crippen molar-refractivity contribution < 1.29 is 5.11 Å². The van der Waals surface area contributed by atoms with E-state index in [9.17, 15) is 5.11 Å². The molecule has 0 spiro atoms. The lowest BCUT2D eigenvalue weighted by Gasteiger charge is -2.21. The molecule has 0 amide bonds. The summed E-state index contributed by atoms with van der Waals surface area (Å²) >= 11 is 0. The average molecular weight is 191 g/mol. The molecule has 1 unspecified atom stereocenters. The minimum Gasteiger partial charge on any atom is -0.392 e. The summed E-state index contributed by atoms with van der Waals surface area (Å²) in [5, 5.41) is 9.25. The van der Waals surface area contributed by atoms with Crippen molar-refractivity contribution in [3.05, 3.63) is 35.4 Å². The Morgan fingerprint density at radius 1 is 1.43 bits per heavy atom. The van der Waals surface area contributed by atoms with E-state index in [0.29, 0.717) is 6.04 Å². The maximum atomic E-state index is 9.25. The lowest BCUT2D eigenvalue weighted by molar-refractivity contribution is 0.271. The zero-order chi connectivity index (χ0) is 9.97. The number of hydrogen-bond acceptors (Lipinski definition) is 2. The summed E-state index contributed by atoms with van der Waals surface area (Å²) in [6.07, 6.45) is 2.48. The third kappa shape index (κ3) is 1.68. The highest BCUT2D eigenvalue weighted by Crippen LogP contribution is 2.32. The molecule has 76 valence electrons. The van der Waals surface area contributed by atoms with Crippen LogP contribution in [0.15, 0.2) is 24.3 Å². The summed E-state index contributed by atoms with van der Waals surface area (Å²) in [4.78, 5) is 2.37. The number of aliphatic hydroxyl groups excluding tert-OH is 1. The van der Waals surface area contributed by atoms with Crippen molar-refractivity contribution in [3.8, 4) is 0 Å². The van der Waals surface area contributed by atoms with Gasteiger partial charge in [0.1, 0.15) is 0 Å². The third-order valence-corrected chi connectivity index (χ3v) is 3.10. The van der Waals surface area contributed by atoms with Gasteiger partial charge in [0.2, 0.25) is 0 Å².